The Hall–Kier alpha value is -1.56. The molecular weight excluding hydrogens is 288 g/mol. The fourth-order valence-corrected chi connectivity index (χ4v) is 3.02. The maximum Gasteiger partial charge on any atom is 0.329 e. The van der Waals surface area contributed by atoms with E-state index in [0.29, 0.717) is 19.4 Å². The molecule has 6 heteroatoms. The summed E-state index contributed by atoms with van der Waals surface area (Å²) >= 11 is 1.60. The molecule has 0 radical (unpaired) electrons. The fraction of sp³-hybridized carbons (Fsp3) is 0.600. The Bertz CT molecular complexity index is 499. The molecular formula is C15H22N2O3S. The third kappa shape index (κ3) is 3.97. The van der Waals surface area contributed by atoms with E-state index in [1.54, 1.807) is 23.2 Å². The van der Waals surface area contributed by atoms with Gasteiger partial charge in [0, 0.05) is 12.6 Å². The Labute approximate surface area is 129 Å². The van der Waals surface area contributed by atoms with Crippen LogP contribution in [0.2, 0.25) is 0 Å². The second kappa shape index (κ2) is 6.47. The highest BCUT2D eigenvalue weighted by Gasteiger charge is 2.39. The summed E-state index contributed by atoms with van der Waals surface area (Å²) in [6.07, 6.45) is 3.12. The molecule has 0 aromatic carbocycles. The molecule has 1 aromatic rings. The molecule has 2 N–H and O–H groups in total. The van der Waals surface area contributed by atoms with E-state index in [-0.39, 0.29) is 12.1 Å². The summed E-state index contributed by atoms with van der Waals surface area (Å²) in [5.74, 6) is -0.982. The number of hydrogen-bond donors (Lipinski definition) is 2. The van der Waals surface area contributed by atoms with Crippen LogP contribution in [-0.4, -0.2) is 33.6 Å². The number of amides is 2. The van der Waals surface area contributed by atoms with E-state index < -0.39 is 11.5 Å². The van der Waals surface area contributed by atoms with Gasteiger partial charge >= 0.3 is 12.0 Å². The Kier molecular flexibility index (Phi) is 4.88. The zero-order valence-electron chi connectivity index (χ0n) is 12.5. The first-order valence-electron chi connectivity index (χ1n) is 7.29. The fourth-order valence-electron chi connectivity index (χ4n) is 2.36. The minimum absolute atomic E-state index is 0.240. The quantitative estimate of drug-likeness (QED) is 0.813. The van der Waals surface area contributed by atoms with Gasteiger partial charge in [0.15, 0.2) is 0 Å². The second-order valence-electron chi connectivity index (χ2n) is 5.81. The molecule has 5 nitrogen and oxygen atoms in total. The van der Waals surface area contributed by atoms with E-state index in [4.69, 9.17) is 0 Å². The van der Waals surface area contributed by atoms with Crippen molar-refractivity contribution < 1.29 is 14.7 Å². The summed E-state index contributed by atoms with van der Waals surface area (Å²) in [5, 5.41) is 16.1. The zero-order chi connectivity index (χ0) is 15.5. The lowest BCUT2D eigenvalue weighted by Crippen LogP contribution is -2.56. The van der Waals surface area contributed by atoms with Gasteiger partial charge < -0.3 is 15.3 Å². The zero-order valence-corrected chi connectivity index (χ0v) is 13.3. The van der Waals surface area contributed by atoms with E-state index in [9.17, 15) is 14.7 Å². The molecule has 1 heterocycles. The summed E-state index contributed by atoms with van der Waals surface area (Å²) in [5.41, 5.74) is -0.109. The lowest BCUT2D eigenvalue weighted by atomic mass is 9.96. The molecule has 1 unspecified atom stereocenters. The molecule has 1 aliphatic carbocycles. The van der Waals surface area contributed by atoms with Crippen LogP contribution >= 0.6 is 11.3 Å². The average Bonchev–Trinajstić information content (AvgIpc) is 3.12. The van der Waals surface area contributed by atoms with Gasteiger partial charge in [-0.1, -0.05) is 13.3 Å². The highest BCUT2D eigenvalue weighted by Crippen LogP contribution is 2.29. The van der Waals surface area contributed by atoms with Crippen molar-refractivity contribution in [2.75, 3.05) is 0 Å². The Balaban J connectivity index is 2.06. The molecule has 0 saturated heterocycles. The van der Waals surface area contributed by atoms with Gasteiger partial charge in [0.2, 0.25) is 0 Å². The van der Waals surface area contributed by atoms with E-state index in [2.05, 4.69) is 5.32 Å². The number of thiophene rings is 1. The molecule has 1 aromatic heterocycles. The number of carboxylic acids is 1. The topological polar surface area (TPSA) is 69.6 Å². The molecule has 1 aliphatic rings. The molecule has 0 aliphatic heterocycles. The number of carboxylic acid groups (broad SMARTS) is 1. The van der Waals surface area contributed by atoms with Gasteiger partial charge in [-0.25, -0.2) is 9.59 Å². The lowest BCUT2D eigenvalue weighted by Gasteiger charge is -2.30. The van der Waals surface area contributed by atoms with Crippen LogP contribution in [-0.2, 0) is 11.3 Å². The Morgan fingerprint density at radius 1 is 1.52 bits per heavy atom. The number of hydrogen-bond acceptors (Lipinski definition) is 3. The first-order valence-corrected chi connectivity index (χ1v) is 8.24. The van der Waals surface area contributed by atoms with E-state index >= 15 is 0 Å². The van der Waals surface area contributed by atoms with Crippen LogP contribution in [0.5, 0.6) is 0 Å². The van der Waals surface area contributed by atoms with Crippen LogP contribution in [0.3, 0.4) is 0 Å². The number of nitrogens with zero attached hydrogens (tertiary/aromatic N) is 1. The van der Waals surface area contributed by atoms with Crippen molar-refractivity contribution in [3.63, 3.8) is 0 Å². The number of carbonyl (C=O) groups is 2. The van der Waals surface area contributed by atoms with E-state index in [1.807, 2.05) is 23.8 Å². The van der Waals surface area contributed by atoms with Crippen molar-refractivity contribution in [1.82, 2.24) is 10.2 Å². The number of carbonyl (C=O) groups excluding carboxylic acids is 1. The van der Waals surface area contributed by atoms with Crippen LogP contribution in [0.15, 0.2) is 16.8 Å². The highest BCUT2D eigenvalue weighted by atomic mass is 32.1. The maximum absolute atomic E-state index is 12.5. The van der Waals surface area contributed by atoms with Crippen molar-refractivity contribution in [2.45, 2.75) is 57.7 Å². The number of aliphatic carboxylic acids is 1. The van der Waals surface area contributed by atoms with Gasteiger partial charge in [-0.15, -0.1) is 0 Å². The first kappa shape index (κ1) is 15.8. The van der Waals surface area contributed by atoms with Crippen molar-refractivity contribution in [3.8, 4) is 0 Å². The van der Waals surface area contributed by atoms with Gasteiger partial charge in [-0.05, 0) is 48.6 Å². The van der Waals surface area contributed by atoms with Gasteiger partial charge in [0.25, 0.3) is 0 Å². The summed E-state index contributed by atoms with van der Waals surface area (Å²) in [4.78, 5) is 25.7. The van der Waals surface area contributed by atoms with Crippen LogP contribution < -0.4 is 5.32 Å². The Morgan fingerprint density at radius 2 is 2.24 bits per heavy atom. The van der Waals surface area contributed by atoms with Crippen LogP contribution in [0.4, 0.5) is 4.79 Å². The largest absolute Gasteiger partial charge is 0.480 e. The summed E-state index contributed by atoms with van der Waals surface area (Å²) in [6, 6.07) is 1.96. The van der Waals surface area contributed by atoms with Gasteiger partial charge in [-0.2, -0.15) is 11.3 Å². The number of urea groups is 1. The second-order valence-corrected chi connectivity index (χ2v) is 6.59. The highest BCUT2D eigenvalue weighted by molar-refractivity contribution is 7.07. The molecule has 0 spiro atoms. The lowest BCUT2D eigenvalue weighted by molar-refractivity contribution is -0.144. The molecule has 0 bridgehead atoms. The van der Waals surface area contributed by atoms with Crippen LogP contribution in [0.25, 0.3) is 0 Å². The SMILES string of the molecule is CCCC(C)(NC(=O)N(Cc1ccsc1)C1CC1)C(=O)O. The molecule has 2 amide bonds. The molecule has 1 fully saturated rings. The molecule has 1 saturated carbocycles. The summed E-state index contributed by atoms with van der Waals surface area (Å²) in [7, 11) is 0. The third-order valence-corrected chi connectivity index (χ3v) is 4.52. The minimum Gasteiger partial charge on any atom is -0.480 e. The number of rotatable bonds is 7. The predicted octanol–water partition coefficient (Wildman–Crippen LogP) is 3.07. The smallest absolute Gasteiger partial charge is 0.329 e. The van der Waals surface area contributed by atoms with Gasteiger partial charge in [0.05, 0.1) is 0 Å². The monoisotopic (exact) mass is 310 g/mol. The van der Waals surface area contributed by atoms with E-state index in [0.717, 1.165) is 18.4 Å². The van der Waals surface area contributed by atoms with Crippen molar-refractivity contribution in [2.24, 2.45) is 0 Å². The van der Waals surface area contributed by atoms with Crippen LogP contribution in [0.1, 0.15) is 45.1 Å². The minimum atomic E-state index is -1.20. The molecule has 21 heavy (non-hydrogen) atoms. The van der Waals surface area contributed by atoms with E-state index in [1.165, 1.54) is 0 Å². The predicted molar refractivity (Wildman–Crippen MR) is 82.4 cm³/mol. The first-order chi connectivity index (χ1) is 9.96. The van der Waals surface area contributed by atoms with Gasteiger partial charge in [-0.3, -0.25) is 0 Å². The third-order valence-electron chi connectivity index (χ3n) is 3.79. The molecule has 116 valence electrons. The van der Waals surface area contributed by atoms with Crippen LogP contribution in [0, 0.1) is 0 Å². The summed E-state index contributed by atoms with van der Waals surface area (Å²) < 4.78 is 0. The standard InChI is InChI=1S/C15H22N2O3S/c1-3-7-15(2,13(18)19)16-14(20)17(12-4-5-12)9-11-6-8-21-10-11/h6,8,10,12H,3-5,7,9H2,1-2H3,(H,16,20)(H,18,19). The molecule has 2 rings (SSSR count). The number of nitrogens with one attached hydrogen (secondary N) is 1. The maximum atomic E-state index is 12.5. The average molecular weight is 310 g/mol. The van der Waals surface area contributed by atoms with Gasteiger partial charge in [0.1, 0.15) is 5.54 Å². The van der Waals surface area contributed by atoms with Crippen molar-refractivity contribution >= 4 is 23.3 Å². The van der Waals surface area contributed by atoms with Crippen molar-refractivity contribution in [1.29, 1.82) is 0 Å². The van der Waals surface area contributed by atoms with Crippen molar-refractivity contribution in [3.05, 3.63) is 22.4 Å². The molecule has 1 atom stereocenters. The summed E-state index contributed by atoms with van der Waals surface area (Å²) in [6.45, 7) is 4.03. The Morgan fingerprint density at radius 3 is 2.71 bits per heavy atom. The normalized spacial score (nSPS) is 17.0.